The average Bonchev–Trinajstić information content (AvgIpc) is 2.48. The summed E-state index contributed by atoms with van der Waals surface area (Å²) in [6, 6.07) is -0.0263. The van der Waals surface area contributed by atoms with Crippen molar-refractivity contribution in [2.24, 2.45) is 0 Å². The van der Waals surface area contributed by atoms with Crippen molar-refractivity contribution < 1.29 is 9.59 Å². The third-order valence-corrected chi connectivity index (χ3v) is 4.27. The molecular weight excluding hydrogens is 256 g/mol. The van der Waals surface area contributed by atoms with E-state index in [-0.39, 0.29) is 11.9 Å². The summed E-state index contributed by atoms with van der Waals surface area (Å²) in [5.74, 6) is 0.188. The molecule has 1 atom stereocenters. The first kappa shape index (κ1) is 15.1. The zero-order valence-electron chi connectivity index (χ0n) is 12.6. The maximum Gasteiger partial charge on any atom is 0.317 e. The fourth-order valence-corrected chi connectivity index (χ4v) is 2.96. The van der Waals surface area contributed by atoms with Gasteiger partial charge in [0, 0.05) is 32.7 Å². The quantitative estimate of drug-likeness (QED) is 0.770. The van der Waals surface area contributed by atoms with Gasteiger partial charge in [-0.15, -0.1) is 0 Å². The lowest BCUT2D eigenvalue weighted by atomic mass is 9.89. The van der Waals surface area contributed by atoms with Crippen LogP contribution in [0.5, 0.6) is 0 Å². The maximum atomic E-state index is 12.6. The molecule has 0 aromatic carbocycles. The first-order valence-electron chi connectivity index (χ1n) is 7.64. The fraction of sp³-hybridized carbons (Fsp3) is 0.857. The number of nitrogens with zero attached hydrogens (tertiary/aromatic N) is 2. The molecule has 0 saturated carbocycles. The third-order valence-electron chi connectivity index (χ3n) is 4.27. The van der Waals surface area contributed by atoms with Gasteiger partial charge >= 0.3 is 6.03 Å². The minimum atomic E-state index is -0.411. The fourth-order valence-electron chi connectivity index (χ4n) is 2.96. The van der Waals surface area contributed by atoms with Crippen LogP contribution in [0.25, 0.3) is 0 Å². The molecule has 0 bridgehead atoms. The number of nitrogens with one attached hydrogen (secondary N) is 2. The zero-order chi connectivity index (χ0) is 14.6. The normalized spacial score (nSPS) is 27.3. The number of hydrogen-bond donors (Lipinski definition) is 2. The minimum absolute atomic E-state index is 0.0263. The molecule has 0 aromatic heterocycles. The van der Waals surface area contributed by atoms with Crippen LogP contribution >= 0.6 is 0 Å². The molecular formula is C14H26N4O2. The van der Waals surface area contributed by atoms with Crippen molar-refractivity contribution >= 4 is 11.9 Å². The summed E-state index contributed by atoms with van der Waals surface area (Å²) in [5.41, 5.74) is -0.411. The molecule has 0 radical (unpaired) electrons. The van der Waals surface area contributed by atoms with E-state index in [1.807, 2.05) is 18.7 Å². The standard InChI is InChI=1S/C14H26N4O2/c1-3-15-13(20)18-10-8-17(9-11-18)12(19)14(2)6-4-5-7-16-14/h16H,3-11H2,1-2H3,(H,15,20). The highest BCUT2D eigenvalue weighted by molar-refractivity contribution is 5.86. The van der Waals surface area contributed by atoms with Gasteiger partial charge in [0.2, 0.25) is 5.91 Å². The molecule has 2 saturated heterocycles. The highest BCUT2D eigenvalue weighted by Gasteiger charge is 2.38. The van der Waals surface area contributed by atoms with Crippen molar-refractivity contribution in [3.8, 4) is 0 Å². The molecule has 1 unspecified atom stereocenters. The summed E-state index contributed by atoms with van der Waals surface area (Å²) in [5, 5.41) is 6.16. The van der Waals surface area contributed by atoms with Gasteiger partial charge < -0.3 is 20.4 Å². The van der Waals surface area contributed by atoms with Crippen LogP contribution in [0.1, 0.15) is 33.1 Å². The number of rotatable bonds is 2. The van der Waals surface area contributed by atoms with Crippen molar-refractivity contribution in [3.05, 3.63) is 0 Å². The number of piperazine rings is 1. The number of carbonyl (C=O) groups is 2. The molecule has 2 fully saturated rings. The molecule has 0 spiro atoms. The van der Waals surface area contributed by atoms with Crippen LogP contribution in [-0.4, -0.2) is 66.5 Å². The topological polar surface area (TPSA) is 64.7 Å². The first-order chi connectivity index (χ1) is 9.57. The summed E-state index contributed by atoms with van der Waals surface area (Å²) in [6.07, 6.45) is 3.16. The Bertz CT molecular complexity index is 358. The molecule has 0 aliphatic carbocycles. The van der Waals surface area contributed by atoms with Gasteiger partial charge in [0.25, 0.3) is 0 Å². The lowest BCUT2D eigenvalue weighted by molar-refractivity contribution is -0.140. The Kier molecular flexibility index (Phi) is 4.86. The van der Waals surface area contributed by atoms with Crippen LogP contribution in [0, 0.1) is 0 Å². The van der Waals surface area contributed by atoms with Gasteiger partial charge in [-0.25, -0.2) is 4.79 Å². The highest BCUT2D eigenvalue weighted by Crippen LogP contribution is 2.22. The van der Waals surface area contributed by atoms with E-state index in [1.54, 1.807) is 4.90 Å². The van der Waals surface area contributed by atoms with E-state index in [4.69, 9.17) is 0 Å². The molecule has 2 aliphatic heterocycles. The van der Waals surface area contributed by atoms with E-state index < -0.39 is 5.54 Å². The second-order valence-electron chi connectivity index (χ2n) is 5.83. The summed E-state index contributed by atoms with van der Waals surface area (Å²) >= 11 is 0. The van der Waals surface area contributed by atoms with Crippen LogP contribution in [0.3, 0.4) is 0 Å². The van der Waals surface area contributed by atoms with Crippen molar-refractivity contribution in [2.75, 3.05) is 39.3 Å². The van der Waals surface area contributed by atoms with E-state index >= 15 is 0 Å². The average molecular weight is 282 g/mol. The molecule has 6 nitrogen and oxygen atoms in total. The van der Waals surface area contributed by atoms with Crippen LogP contribution in [0.2, 0.25) is 0 Å². The second kappa shape index (κ2) is 6.43. The Hall–Kier alpha value is -1.30. The molecule has 2 N–H and O–H groups in total. The Labute approximate surface area is 120 Å². The molecule has 2 aliphatic rings. The van der Waals surface area contributed by atoms with Gasteiger partial charge in [-0.3, -0.25) is 4.79 Å². The minimum Gasteiger partial charge on any atom is -0.338 e. The highest BCUT2D eigenvalue weighted by atomic mass is 16.2. The molecule has 0 aromatic rings. The summed E-state index contributed by atoms with van der Waals surface area (Å²) in [6.45, 7) is 7.97. The van der Waals surface area contributed by atoms with E-state index in [0.29, 0.717) is 32.7 Å². The number of urea groups is 1. The molecule has 6 heteroatoms. The predicted molar refractivity (Wildman–Crippen MR) is 77.5 cm³/mol. The van der Waals surface area contributed by atoms with Crippen molar-refractivity contribution in [1.29, 1.82) is 0 Å². The van der Waals surface area contributed by atoms with E-state index in [0.717, 1.165) is 25.8 Å². The second-order valence-corrected chi connectivity index (χ2v) is 5.83. The van der Waals surface area contributed by atoms with Gasteiger partial charge in [0.15, 0.2) is 0 Å². The lowest BCUT2D eigenvalue weighted by Crippen LogP contribution is -2.62. The largest absolute Gasteiger partial charge is 0.338 e. The van der Waals surface area contributed by atoms with Crippen molar-refractivity contribution in [3.63, 3.8) is 0 Å². The Balaban J connectivity index is 1.87. The first-order valence-corrected chi connectivity index (χ1v) is 7.64. The van der Waals surface area contributed by atoms with Crippen LogP contribution < -0.4 is 10.6 Å². The van der Waals surface area contributed by atoms with Crippen molar-refractivity contribution in [1.82, 2.24) is 20.4 Å². The lowest BCUT2D eigenvalue weighted by Gasteiger charge is -2.41. The molecule has 3 amide bonds. The van der Waals surface area contributed by atoms with E-state index in [9.17, 15) is 9.59 Å². The monoisotopic (exact) mass is 282 g/mol. The molecule has 20 heavy (non-hydrogen) atoms. The van der Waals surface area contributed by atoms with E-state index in [2.05, 4.69) is 10.6 Å². The summed E-state index contributed by atoms with van der Waals surface area (Å²) in [7, 11) is 0. The predicted octanol–water partition coefficient (Wildman–Crippen LogP) is 0.392. The molecule has 114 valence electrons. The van der Waals surface area contributed by atoms with Gasteiger partial charge in [-0.2, -0.15) is 0 Å². The van der Waals surface area contributed by atoms with Crippen molar-refractivity contribution in [2.45, 2.75) is 38.6 Å². The Morgan fingerprint density at radius 3 is 2.35 bits per heavy atom. The maximum absolute atomic E-state index is 12.6. The van der Waals surface area contributed by atoms with Gasteiger partial charge in [-0.1, -0.05) is 0 Å². The Morgan fingerprint density at radius 1 is 1.15 bits per heavy atom. The van der Waals surface area contributed by atoms with Gasteiger partial charge in [-0.05, 0) is 39.7 Å². The SMILES string of the molecule is CCNC(=O)N1CCN(C(=O)C2(C)CCCCN2)CC1. The summed E-state index contributed by atoms with van der Waals surface area (Å²) < 4.78 is 0. The van der Waals surface area contributed by atoms with E-state index in [1.165, 1.54) is 0 Å². The van der Waals surface area contributed by atoms with Crippen LogP contribution in [0.4, 0.5) is 4.79 Å². The third kappa shape index (κ3) is 3.23. The molecule has 2 heterocycles. The molecule has 2 rings (SSSR count). The van der Waals surface area contributed by atoms with Gasteiger partial charge in [0.05, 0.1) is 5.54 Å². The smallest absolute Gasteiger partial charge is 0.317 e. The zero-order valence-corrected chi connectivity index (χ0v) is 12.6. The van der Waals surface area contributed by atoms with Crippen LogP contribution in [-0.2, 0) is 4.79 Å². The summed E-state index contributed by atoms with van der Waals surface area (Å²) in [4.78, 5) is 28.0. The Morgan fingerprint density at radius 2 is 1.80 bits per heavy atom. The number of piperidine rings is 1. The number of amides is 3. The number of carbonyl (C=O) groups excluding carboxylic acids is 2. The van der Waals surface area contributed by atoms with Gasteiger partial charge in [0.1, 0.15) is 0 Å². The van der Waals surface area contributed by atoms with Crippen LogP contribution in [0.15, 0.2) is 0 Å². The number of hydrogen-bond acceptors (Lipinski definition) is 3.